The van der Waals surface area contributed by atoms with E-state index in [1.165, 1.54) is 0 Å². The maximum Gasteiger partial charge on any atom is 0.159 e. The van der Waals surface area contributed by atoms with Gasteiger partial charge in [-0.1, -0.05) is 55.1 Å². The maximum absolute atomic E-state index is 4.87. The van der Waals surface area contributed by atoms with Crippen molar-refractivity contribution in [1.29, 1.82) is 0 Å². The molecule has 0 aliphatic heterocycles. The van der Waals surface area contributed by atoms with Crippen molar-refractivity contribution in [2.75, 3.05) is 0 Å². The minimum atomic E-state index is 0.702. The largest absolute Gasteiger partial charge is 0.337 e. The summed E-state index contributed by atoms with van der Waals surface area (Å²) in [6.07, 6.45) is 7.77. The van der Waals surface area contributed by atoms with Gasteiger partial charge in [0.05, 0.1) is 16.4 Å². The summed E-state index contributed by atoms with van der Waals surface area (Å²) in [5.41, 5.74) is 8.18. The number of imidazole rings is 1. The molecule has 0 fully saturated rings. The van der Waals surface area contributed by atoms with Gasteiger partial charge in [0.1, 0.15) is 5.69 Å². The van der Waals surface area contributed by atoms with E-state index in [9.17, 15) is 0 Å². The van der Waals surface area contributed by atoms with Crippen LogP contribution in [-0.2, 0) is 0 Å². The molecule has 156 valence electrons. The molecule has 32 heavy (non-hydrogen) atoms. The molecule has 0 atom stereocenters. The van der Waals surface area contributed by atoms with Crippen LogP contribution in [-0.4, -0.2) is 25.1 Å². The third-order valence-electron chi connectivity index (χ3n) is 5.55. The molecular formula is C27H23N5. The lowest BCUT2D eigenvalue weighted by molar-refractivity contribution is 1.06. The van der Waals surface area contributed by atoms with Crippen LogP contribution < -0.4 is 10.6 Å². The average Bonchev–Trinajstić information content (AvgIpc) is 3.41. The molecule has 2 N–H and O–H groups in total. The number of nitrogens with one attached hydrogen (secondary N) is 2. The van der Waals surface area contributed by atoms with Crippen LogP contribution in [0.15, 0.2) is 73.1 Å². The van der Waals surface area contributed by atoms with Gasteiger partial charge in [0.2, 0.25) is 0 Å². The van der Waals surface area contributed by atoms with E-state index in [0.717, 1.165) is 55.1 Å². The number of fused-ring (bicyclic) bond motifs is 1. The second-order valence-corrected chi connectivity index (χ2v) is 7.88. The third-order valence-corrected chi connectivity index (χ3v) is 5.55. The van der Waals surface area contributed by atoms with Crippen LogP contribution in [0.2, 0.25) is 0 Å². The molecule has 5 nitrogen and oxygen atoms in total. The molecule has 0 saturated carbocycles. The predicted molar refractivity (Wildman–Crippen MR) is 131 cm³/mol. The van der Waals surface area contributed by atoms with Gasteiger partial charge in [0.15, 0.2) is 5.82 Å². The van der Waals surface area contributed by atoms with Crippen molar-refractivity contribution in [3.05, 3.63) is 94.8 Å². The Kier molecular flexibility index (Phi) is 5.00. The molecule has 3 heterocycles. The van der Waals surface area contributed by atoms with E-state index in [4.69, 9.17) is 4.98 Å². The van der Waals surface area contributed by atoms with E-state index in [2.05, 4.69) is 64.0 Å². The molecule has 0 amide bonds. The normalized spacial score (nSPS) is 12.6. The van der Waals surface area contributed by atoms with Crippen LogP contribution in [0.4, 0.5) is 0 Å². The van der Waals surface area contributed by atoms with E-state index in [0.29, 0.717) is 5.82 Å². The van der Waals surface area contributed by atoms with Gasteiger partial charge in [-0.3, -0.25) is 10.1 Å². The first-order valence-corrected chi connectivity index (χ1v) is 10.5. The Hall–Kier alpha value is -4.25. The molecule has 5 heteroatoms. The summed E-state index contributed by atoms with van der Waals surface area (Å²) in [6.45, 7) is 8.35. The summed E-state index contributed by atoms with van der Waals surface area (Å²) < 4.78 is 0. The van der Waals surface area contributed by atoms with Crippen LogP contribution in [0, 0.1) is 6.92 Å². The Morgan fingerprint density at radius 2 is 1.88 bits per heavy atom. The van der Waals surface area contributed by atoms with Gasteiger partial charge < -0.3 is 4.98 Å². The van der Waals surface area contributed by atoms with Gasteiger partial charge >= 0.3 is 0 Å². The number of rotatable bonds is 4. The number of nitrogens with zero attached hydrogens (tertiary/aromatic N) is 3. The molecule has 5 aromatic rings. The fraction of sp³-hybridized carbons (Fsp3) is 0.0741. The molecule has 2 aromatic carbocycles. The van der Waals surface area contributed by atoms with Gasteiger partial charge in [-0.15, -0.1) is 0 Å². The first-order valence-electron chi connectivity index (χ1n) is 10.5. The highest BCUT2D eigenvalue weighted by Crippen LogP contribution is 2.28. The molecule has 0 aliphatic carbocycles. The first kappa shape index (κ1) is 19.7. The highest BCUT2D eigenvalue weighted by molar-refractivity contribution is 5.93. The summed E-state index contributed by atoms with van der Waals surface area (Å²) in [6, 6.07) is 18.5. The zero-order valence-corrected chi connectivity index (χ0v) is 18.1. The van der Waals surface area contributed by atoms with Gasteiger partial charge in [-0.2, -0.15) is 5.10 Å². The second kappa shape index (κ2) is 8.12. The summed E-state index contributed by atoms with van der Waals surface area (Å²) >= 11 is 0. The van der Waals surface area contributed by atoms with E-state index < -0.39 is 0 Å². The lowest BCUT2D eigenvalue weighted by atomic mass is 10.0. The summed E-state index contributed by atoms with van der Waals surface area (Å²) in [7, 11) is 0. The lowest BCUT2D eigenvalue weighted by Gasteiger charge is -2.01. The van der Waals surface area contributed by atoms with Gasteiger partial charge in [-0.25, -0.2) is 4.98 Å². The van der Waals surface area contributed by atoms with Crippen molar-refractivity contribution in [3.63, 3.8) is 0 Å². The Labute approximate surface area is 185 Å². The highest BCUT2D eigenvalue weighted by atomic mass is 15.1. The topological polar surface area (TPSA) is 70.2 Å². The van der Waals surface area contributed by atoms with E-state index in [-0.39, 0.29) is 0 Å². The molecule has 0 spiro atoms. The number of aromatic amines is 2. The van der Waals surface area contributed by atoms with Crippen molar-refractivity contribution in [2.45, 2.75) is 13.8 Å². The SMILES string of the molecule is C=c1c(-c2nc3c(-c4ccccc4)cccc3[nH]2)n[nH]/c1=C/C=C(\C)c1cncc(C)c1. The fourth-order valence-electron chi connectivity index (χ4n) is 3.78. The quantitative estimate of drug-likeness (QED) is 0.448. The second-order valence-electron chi connectivity index (χ2n) is 7.88. The molecular weight excluding hydrogens is 394 g/mol. The van der Waals surface area contributed by atoms with Crippen molar-refractivity contribution < 1.29 is 0 Å². The highest BCUT2D eigenvalue weighted by Gasteiger charge is 2.12. The number of aromatic nitrogens is 5. The van der Waals surface area contributed by atoms with Crippen LogP contribution >= 0.6 is 0 Å². The number of pyridine rings is 1. The summed E-state index contributed by atoms with van der Waals surface area (Å²) in [5.74, 6) is 0.702. The fourth-order valence-corrected chi connectivity index (χ4v) is 3.78. The van der Waals surface area contributed by atoms with Gasteiger partial charge in [-0.05, 0) is 54.3 Å². The van der Waals surface area contributed by atoms with Crippen LogP contribution in [0.3, 0.4) is 0 Å². The Morgan fingerprint density at radius 3 is 2.69 bits per heavy atom. The van der Waals surface area contributed by atoms with Crippen molar-refractivity contribution in [3.8, 4) is 22.6 Å². The smallest absolute Gasteiger partial charge is 0.159 e. The Balaban J connectivity index is 1.54. The minimum Gasteiger partial charge on any atom is -0.337 e. The van der Waals surface area contributed by atoms with Crippen LogP contribution in [0.5, 0.6) is 0 Å². The molecule has 5 rings (SSSR count). The summed E-state index contributed by atoms with van der Waals surface area (Å²) in [4.78, 5) is 12.5. The third kappa shape index (κ3) is 3.65. The van der Waals surface area contributed by atoms with Crippen molar-refractivity contribution in [1.82, 2.24) is 25.1 Å². The number of benzene rings is 2. The minimum absolute atomic E-state index is 0.702. The molecule has 0 bridgehead atoms. The zero-order valence-electron chi connectivity index (χ0n) is 18.1. The van der Waals surface area contributed by atoms with E-state index >= 15 is 0 Å². The van der Waals surface area contributed by atoms with Crippen LogP contribution in [0.1, 0.15) is 18.1 Å². The van der Waals surface area contributed by atoms with E-state index in [1.54, 1.807) is 0 Å². The van der Waals surface area contributed by atoms with Gasteiger partial charge in [0.25, 0.3) is 0 Å². The number of allylic oxidation sites excluding steroid dienone is 2. The number of aryl methyl sites for hydroxylation is 1. The Morgan fingerprint density at radius 1 is 1.03 bits per heavy atom. The predicted octanol–water partition coefficient (Wildman–Crippen LogP) is 4.62. The number of para-hydroxylation sites is 1. The monoisotopic (exact) mass is 417 g/mol. The summed E-state index contributed by atoms with van der Waals surface area (Å²) in [5, 5.41) is 9.24. The van der Waals surface area contributed by atoms with Crippen molar-refractivity contribution >= 4 is 29.3 Å². The average molecular weight is 418 g/mol. The Bertz CT molecular complexity index is 1550. The molecule has 3 aromatic heterocycles. The zero-order chi connectivity index (χ0) is 22.1. The molecule has 0 saturated heterocycles. The molecule has 0 aliphatic rings. The molecule has 0 radical (unpaired) electrons. The number of hydrogen-bond acceptors (Lipinski definition) is 3. The number of hydrogen-bond donors (Lipinski definition) is 2. The van der Waals surface area contributed by atoms with E-state index in [1.807, 2.05) is 55.7 Å². The number of H-pyrrole nitrogens is 2. The van der Waals surface area contributed by atoms with Gasteiger partial charge in [0, 0.05) is 23.2 Å². The maximum atomic E-state index is 4.87. The van der Waals surface area contributed by atoms with Crippen molar-refractivity contribution in [2.24, 2.45) is 0 Å². The first-order chi connectivity index (χ1) is 15.6. The molecule has 0 unspecified atom stereocenters. The lowest BCUT2D eigenvalue weighted by Crippen LogP contribution is -2.21. The van der Waals surface area contributed by atoms with Crippen LogP contribution in [0.25, 0.3) is 51.9 Å². The standard InChI is InChI=1S/C27H23N5/c1-17-14-21(16-28-15-17)18(2)12-13-23-19(3)25(32-31-23)27-29-24-11-7-10-22(26(24)30-27)20-8-5-4-6-9-20/h4-16,31H,3H2,1-2H3,(H,29,30)/b18-12+,23-13+.